The van der Waals surface area contributed by atoms with Crippen molar-refractivity contribution < 1.29 is 66.4 Å². The molecule has 0 fully saturated rings. The molecule has 0 aliphatic heterocycles. The van der Waals surface area contributed by atoms with Crippen molar-refractivity contribution in [3.63, 3.8) is 0 Å². The highest BCUT2D eigenvalue weighted by Crippen LogP contribution is 2.60. The van der Waals surface area contributed by atoms with Crippen LogP contribution in [0.15, 0.2) is 0 Å². The van der Waals surface area contributed by atoms with Crippen LogP contribution in [-0.4, -0.2) is 67.0 Å². The molecule has 0 aliphatic rings. The van der Waals surface area contributed by atoms with Crippen LogP contribution >= 0.6 is 0 Å². The Hall–Kier alpha value is -1.55. The van der Waals surface area contributed by atoms with Crippen molar-refractivity contribution in [3.05, 3.63) is 0 Å². The second kappa shape index (κ2) is 7.70. The lowest BCUT2D eigenvalue weighted by molar-refractivity contribution is -0.436. The summed E-state index contributed by atoms with van der Waals surface area (Å²) in [6.07, 6.45) is -8.15. The van der Waals surface area contributed by atoms with Gasteiger partial charge in [-0.25, -0.2) is 0 Å². The van der Waals surface area contributed by atoms with Gasteiger partial charge in [-0.15, -0.1) is 0 Å². The summed E-state index contributed by atoms with van der Waals surface area (Å²) in [7, 11) is 1.22. The van der Waals surface area contributed by atoms with Gasteiger partial charge < -0.3 is 5.32 Å². The van der Waals surface area contributed by atoms with Crippen LogP contribution in [0.4, 0.5) is 61.6 Å². The summed E-state index contributed by atoms with van der Waals surface area (Å²) < 4.78 is 179. The molecule has 1 amide bonds. The number of alkyl halides is 13. The highest BCUT2D eigenvalue weighted by atomic mass is 19.4. The summed E-state index contributed by atoms with van der Waals surface area (Å²) in [5, 5.41) is 0.466. The van der Waals surface area contributed by atoms with Gasteiger partial charge in [0, 0.05) is 0 Å². The zero-order chi connectivity index (χ0) is 23.0. The summed E-state index contributed by atoms with van der Waals surface area (Å²) in [5.74, 6) is -43.0. The van der Waals surface area contributed by atoms with E-state index < -0.39 is 59.8 Å². The van der Waals surface area contributed by atoms with E-state index in [1.807, 2.05) is 0 Å². The number of carbonyl (C=O) groups excluding carboxylic acids is 1. The van der Waals surface area contributed by atoms with Gasteiger partial charge in [-0.05, 0) is 20.0 Å². The van der Waals surface area contributed by atoms with Crippen molar-refractivity contribution in [1.82, 2.24) is 10.4 Å². The van der Waals surface area contributed by atoms with E-state index >= 15 is 0 Å². The number of rotatable bonds is 9. The van der Waals surface area contributed by atoms with Crippen LogP contribution in [-0.2, 0) is 4.79 Å². The Morgan fingerprint density at radius 1 is 0.750 bits per heavy atom. The van der Waals surface area contributed by atoms with Crippen LogP contribution in [0.5, 0.6) is 0 Å². The van der Waals surface area contributed by atoms with Crippen molar-refractivity contribution in [2.75, 3.05) is 20.1 Å². The molecule has 3 nitrogen and oxygen atoms in total. The van der Waals surface area contributed by atoms with Crippen LogP contribution in [0.25, 0.3) is 0 Å². The fourth-order valence-electron chi connectivity index (χ4n) is 1.55. The average Bonchev–Trinajstić information content (AvgIpc) is 2.52. The quantitative estimate of drug-likeness (QED) is 0.326. The predicted molar refractivity (Wildman–Crippen MR) is 62.2 cm³/mol. The van der Waals surface area contributed by atoms with Gasteiger partial charge in [-0.1, -0.05) is 4.48 Å². The monoisotopic (exact) mass is 452 g/mol. The number of hydrogen-bond acceptors (Lipinski definition) is 2. The maximum atomic E-state index is 13.3. The van der Waals surface area contributed by atoms with Crippen molar-refractivity contribution in [2.45, 2.75) is 42.2 Å². The van der Waals surface area contributed by atoms with E-state index in [-0.39, 0.29) is 6.54 Å². The molecule has 1 N–H and O–H groups in total. The molecule has 0 bridgehead atoms. The van der Waals surface area contributed by atoms with Gasteiger partial charge in [-0.3, -0.25) is 4.79 Å². The second-order valence-electron chi connectivity index (χ2n) is 5.22. The molecule has 0 saturated heterocycles. The number of hydrogen-bond donors (Lipinski definition) is 1. The molecule has 0 spiro atoms. The van der Waals surface area contributed by atoms with Crippen LogP contribution in [0.3, 0.4) is 0 Å². The van der Waals surface area contributed by atoms with Crippen molar-refractivity contribution >= 4 is 5.91 Å². The maximum Gasteiger partial charge on any atom is 0.460 e. The van der Waals surface area contributed by atoms with Gasteiger partial charge in [0.05, 0.1) is 6.54 Å². The molecule has 0 aromatic heterocycles. The molecule has 0 atom stereocenters. The number of nitrogens with one attached hydrogen (secondary N) is 1. The van der Waals surface area contributed by atoms with E-state index in [1.165, 1.54) is 7.05 Å². The molecular formula is C11H10F14N2O. The smallest absolute Gasteiger partial charge is 0.320 e. The Labute approximate surface area is 146 Å². The third-order valence-electron chi connectivity index (χ3n) is 3.20. The van der Waals surface area contributed by atoms with Gasteiger partial charge in [-0.2, -0.15) is 62.2 Å². The first kappa shape index (κ1) is 26.4. The highest BCUT2D eigenvalue weighted by molar-refractivity contribution is 5.84. The lowest BCUT2D eigenvalue weighted by Crippen LogP contribution is -2.71. The minimum atomic E-state index is -8.14. The summed E-state index contributed by atoms with van der Waals surface area (Å²) in [5.41, 5.74) is 0. The summed E-state index contributed by atoms with van der Waals surface area (Å²) in [6.45, 7) is -1.69. The van der Waals surface area contributed by atoms with Crippen LogP contribution in [0.1, 0.15) is 6.42 Å². The normalized spacial score (nSPS) is 15.0. The molecule has 0 aromatic carbocycles. The van der Waals surface area contributed by atoms with Gasteiger partial charge in [0.1, 0.15) is 0 Å². The minimum absolute atomic E-state index is 0.234. The molecule has 17 heteroatoms. The topological polar surface area (TPSA) is 32.3 Å². The van der Waals surface area contributed by atoms with E-state index in [1.54, 1.807) is 0 Å². The SMILES string of the molecule is CNCCCN(F)C(=O)C(F)(F)C(F)(F)C(F)(F)C(F)(F)C(F)(F)C(F)(F)F. The molecule has 0 saturated carbocycles. The molecule has 28 heavy (non-hydrogen) atoms. The second-order valence-corrected chi connectivity index (χ2v) is 5.22. The van der Waals surface area contributed by atoms with Gasteiger partial charge in [0.25, 0.3) is 0 Å². The number of halogens is 14. The zero-order valence-electron chi connectivity index (χ0n) is 13.3. The Kier molecular flexibility index (Phi) is 7.27. The molecule has 0 unspecified atom stereocenters. The Morgan fingerprint density at radius 2 is 1.14 bits per heavy atom. The fraction of sp³-hybridized carbons (Fsp3) is 0.909. The van der Waals surface area contributed by atoms with E-state index in [2.05, 4.69) is 5.32 Å². The third kappa shape index (κ3) is 3.94. The lowest BCUT2D eigenvalue weighted by Gasteiger charge is -2.39. The summed E-state index contributed by atoms with van der Waals surface area (Å²) in [4.78, 5) is 10.9. The van der Waals surface area contributed by atoms with E-state index in [4.69, 9.17) is 0 Å². The molecule has 0 aliphatic carbocycles. The molecule has 0 heterocycles. The van der Waals surface area contributed by atoms with Crippen LogP contribution in [0, 0.1) is 0 Å². The van der Waals surface area contributed by atoms with E-state index in [9.17, 15) is 66.4 Å². The van der Waals surface area contributed by atoms with E-state index in [0.29, 0.717) is 0 Å². The number of nitrogens with zero attached hydrogens (tertiary/aromatic N) is 1. The molecule has 0 radical (unpaired) electrons. The molecular weight excluding hydrogens is 442 g/mol. The summed E-state index contributed by atoms with van der Waals surface area (Å²) >= 11 is 0. The Balaban J connectivity index is 6.08. The highest BCUT2D eigenvalue weighted by Gasteiger charge is 2.91. The Bertz CT molecular complexity index is 558. The Morgan fingerprint density at radius 3 is 1.50 bits per heavy atom. The zero-order valence-corrected chi connectivity index (χ0v) is 13.3. The first-order valence-corrected chi connectivity index (χ1v) is 6.72. The first-order valence-electron chi connectivity index (χ1n) is 6.72. The van der Waals surface area contributed by atoms with E-state index in [0.717, 1.165) is 0 Å². The summed E-state index contributed by atoms with van der Waals surface area (Å²) in [6, 6.07) is 0. The minimum Gasteiger partial charge on any atom is -0.320 e. The first-order chi connectivity index (χ1) is 12.1. The number of carbonyl (C=O) groups is 1. The van der Waals surface area contributed by atoms with Gasteiger partial charge >= 0.3 is 41.7 Å². The molecule has 168 valence electrons. The average molecular weight is 452 g/mol. The van der Waals surface area contributed by atoms with Gasteiger partial charge in [0.2, 0.25) is 0 Å². The van der Waals surface area contributed by atoms with Crippen molar-refractivity contribution in [1.29, 1.82) is 0 Å². The maximum absolute atomic E-state index is 13.3. The number of amides is 1. The molecule has 0 rings (SSSR count). The fourth-order valence-corrected chi connectivity index (χ4v) is 1.55. The largest absolute Gasteiger partial charge is 0.460 e. The van der Waals surface area contributed by atoms with Gasteiger partial charge in [0.15, 0.2) is 0 Å². The van der Waals surface area contributed by atoms with Crippen molar-refractivity contribution in [2.24, 2.45) is 0 Å². The standard InChI is InChI=1S/C11H10F14N2O/c1-26-3-2-4-27(25)5(28)6(12,13)7(14,15)8(16,17)9(18,19)10(20,21)11(22,23)24/h26H,2-4H2,1H3. The van der Waals surface area contributed by atoms with Crippen LogP contribution < -0.4 is 5.32 Å². The third-order valence-corrected chi connectivity index (χ3v) is 3.20. The lowest BCUT2D eigenvalue weighted by atomic mass is 9.93. The van der Waals surface area contributed by atoms with Crippen molar-refractivity contribution in [3.8, 4) is 0 Å². The molecule has 0 aromatic rings. The predicted octanol–water partition coefficient (Wildman–Crippen LogP) is 4.05. The van der Waals surface area contributed by atoms with Crippen LogP contribution in [0.2, 0.25) is 0 Å².